The van der Waals surface area contributed by atoms with Crippen molar-refractivity contribution in [1.82, 2.24) is 4.90 Å². The Hall–Kier alpha value is -3.58. The first kappa shape index (κ1) is 18.9. The summed E-state index contributed by atoms with van der Waals surface area (Å²) >= 11 is 0. The molecule has 6 nitrogen and oxygen atoms in total. The second kappa shape index (κ2) is 6.26. The predicted octanol–water partition coefficient (Wildman–Crippen LogP) is 3.41. The van der Waals surface area contributed by atoms with Crippen molar-refractivity contribution in [2.45, 2.75) is 24.4 Å². The fourth-order valence-corrected chi connectivity index (χ4v) is 6.82. The van der Waals surface area contributed by atoms with E-state index < -0.39 is 23.2 Å². The van der Waals surface area contributed by atoms with Crippen LogP contribution in [0.15, 0.2) is 60.7 Å². The van der Waals surface area contributed by atoms with Crippen molar-refractivity contribution >= 4 is 39.9 Å². The molecular formula is C26H20FN3O3. The van der Waals surface area contributed by atoms with Crippen LogP contribution in [0.4, 0.5) is 15.8 Å². The lowest BCUT2D eigenvalue weighted by Crippen LogP contribution is -2.54. The summed E-state index contributed by atoms with van der Waals surface area (Å²) in [4.78, 5) is 44.8. The summed E-state index contributed by atoms with van der Waals surface area (Å²) in [6.07, 6.45) is 1.55. The second-order valence-corrected chi connectivity index (χ2v) is 9.33. The molecule has 0 unspecified atom stereocenters. The Kier molecular flexibility index (Phi) is 3.59. The molecule has 3 amide bonds. The number of carbonyl (C=O) groups excluding carboxylic acids is 3. The van der Waals surface area contributed by atoms with E-state index in [0.717, 1.165) is 23.6 Å². The van der Waals surface area contributed by atoms with Crippen molar-refractivity contribution in [2.24, 2.45) is 11.8 Å². The minimum Gasteiger partial charge on any atom is -0.324 e. The Morgan fingerprint density at radius 2 is 1.79 bits per heavy atom. The minimum atomic E-state index is -1.37. The molecule has 1 spiro atoms. The van der Waals surface area contributed by atoms with Gasteiger partial charge in [0.1, 0.15) is 11.4 Å². The summed E-state index contributed by atoms with van der Waals surface area (Å²) in [6.45, 7) is 0.593. The van der Waals surface area contributed by atoms with Crippen LogP contribution in [0.25, 0.3) is 10.8 Å². The van der Waals surface area contributed by atoms with E-state index in [0.29, 0.717) is 23.5 Å². The first-order chi connectivity index (χ1) is 16.0. The molecule has 4 heterocycles. The van der Waals surface area contributed by atoms with E-state index in [9.17, 15) is 18.8 Å². The average molecular weight is 441 g/mol. The van der Waals surface area contributed by atoms with Crippen LogP contribution in [0, 0.1) is 17.7 Å². The predicted molar refractivity (Wildman–Crippen MR) is 120 cm³/mol. The SMILES string of the molecule is O=C1[C@H]2[C@@H](C(=O)N1c1cccc3ccccc13)[C@@]1(C(=O)Nc3ccc(F)cc31)N1CCC[C@@H]21. The summed E-state index contributed by atoms with van der Waals surface area (Å²) in [5.41, 5.74) is 0.148. The van der Waals surface area contributed by atoms with Gasteiger partial charge in [-0.25, -0.2) is 9.29 Å². The molecule has 4 aliphatic rings. The number of rotatable bonds is 1. The van der Waals surface area contributed by atoms with Crippen LogP contribution in [-0.2, 0) is 19.9 Å². The number of amides is 3. The van der Waals surface area contributed by atoms with Gasteiger partial charge in [0, 0.05) is 22.7 Å². The van der Waals surface area contributed by atoms with Gasteiger partial charge in [-0.1, -0.05) is 36.4 Å². The molecular weight excluding hydrogens is 421 g/mol. The summed E-state index contributed by atoms with van der Waals surface area (Å²) < 4.78 is 14.4. The van der Waals surface area contributed by atoms with Gasteiger partial charge in [-0.05, 0) is 49.0 Å². The van der Waals surface area contributed by atoms with Gasteiger partial charge in [-0.2, -0.15) is 0 Å². The van der Waals surface area contributed by atoms with Gasteiger partial charge in [-0.3, -0.25) is 19.3 Å². The maximum absolute atomic E-state index is 14.4. The lowest BCUT2D eigenvalue weighted by Gasteiger charge is -2.36. The Balaban J connectivity index is 1.46. The zero-order valence-corrected chi connectivity index (χ0v) is 17.6. The van der Waals surface area contributed by atoms with Crippen molar-refractivity contribution in [3.63, 3.8) is 0 Å². The van der Waals surface area contributed by atoms with Crippen molar-refractivity contribution < 1.29 is 18.8 Å². The van der Waals surface area contributed by atoms with Crippen molar-refractivity contribution in [3.8, 4) is 0 Å². The van der Waals surface area contributed by atoms with E-state index >= 15 is 0 Å². The molecule has 164 valence electrons. The quantitative estimate of drug-likeness (QED) is 0.588. The van der Waals surface area contributed by atoms with Gasteiger partial charge < -0.3 is 5.32 Å². The van der Waals surface area contributed by atoms with Gasteiger partial charge in [0.05, 0.1) is 17.5 Å². The molecule has 4 aliphatic heterocycles. The number of hydrogen-bond donors (Lipinski definition) is 1. The molecule has 33 heavy (non-hydrogen) atoms. The highest BCUT2D eigenvalue weighted by Crippen LogP contribution is 2.60. The third kappa shape index (κ3) is 2.13. The smallest absolute Gasteiger partial charge is 0.250 e. The molecule has 0 aromatic heterocycles. The van der Waals surface area contributed by atoms with Crippen molar-refractivity contribution in [1.29, 1.82) is 0 Å². The third-order valence-corrected chi connectivity index (χ3v) is 7.96. The van der Waals surface area contributed by atoms with Gasteiger partial charge in [-0.15, -0.1) is 0 Å². The highest BCUT2D eigenvalue weighted by Gasteiger charge is 2.74. The molecule has 0 saturated carbocycles. The van der Waals surface area contributed by atoms with Crippen LogP contribution in [-0.4, -0.2) is 35.2 Å². The molecule has 0 bridgehead atoms. The van der Waals surface area contributed by atoms with Gasteiger partial charge in [0.25, 0.3) is 0 Å². The number of imide groups is 1. The average Bonchev–Trinajstić information content (AvgIpc) is 3.52. The van der Waals surface area contributed by atoms with E-state index in [1.54, 1.807) is 12.1 Å². The number of hydrogen-bond acceptors (Lipinski definition) is 4. The molecule has 1 N–H and O–H groups in total. The van der Waals surface area contributed by atoms with Crippen LogP contribution in [0.3, 0.4) is 0 Å². The summed E-state index contributed by atoms with van der Waals surface area (Å²) in [5, 5.41) is 4.61. The standard InChI is InChI=1S/C26H20FN3O3/c27-15-10-11-18-17(13-15)26(25(33)28-18)22-21(20-9-4-12-29(20)26)23(31)30(24(22)32)19-8-3-6-14-5-1-2-7-16(14)19/h1-3,5-8,10-11,13,20-22H,4,9,12H2,(H,28,33)/t20-,21+,22-,26-/m0/s1. The number of carbonyl (C=O) groups is 3. The number of fused-ring (bicyclic) bond motifs is 8. The molecule has 3 aromatic rings. The minimum absolute atomic E-state index is 0.230. The Labute approximate surface area is 189 Å². The number of halogens is 1. The molecule has 7 rings (SSSR count). The number of nitrogens with zero attached hydrogens (tertiary/aromatic N) is 2. The molecule has 4 atom stereocenters. The maximum atomic E-state index is 14.4. The lowest BCUT2D eigenvalue weighted by atomic mass is 9.75. The third-order valence-electron chi connectivity index (χ3n) is 7.96. The Morgan fingerprint density at radius 1 is 0.970 bits per heavy atom. The van der Waals surface area contributed by atoms with E-state index in [1.165, 1.54) is 17.0 Å². The Morgan fingerprint density at radius 3 is 2.67 bits per heavy atom. The first-order valence-electron chi connectivity index (χ1n) is 11.3. The van der Waals surface area contributed by atoms with Gasteiger partial charge in [0.2, 0.25) is 17.7 Å². The lowest BCUT2D eigenvalue weighted by molar-refractivity contribution is -0.135. The van der Waals surface area contributed by atoms with Gasteiger partial charge >= 0.3 is 0 Å². The van der Waals surface area contributed by atoms with Gasteiger partial charge in [0.15, 0.2) is 0 Å². The van der Waals surface area contributed by atoms with E-state index in [-0.39, 0.29) is 23.8 Å². The summed E-state index contributed by atoms with van der Waals surface area (Å²) in [5.74, 6) is -3.00. The molecule has 0 radical (unpaired) electrons. The van der Waals surface area contributed by atoms with Crippen LogP contribution in [0.2, 0.25) is 0 Å². The first-order valence-corrected chi connectivity index (χ1v) is 11.3. The number of anilines is 2. The van der Waals surface area contributed by atoms with Crippen LogP contribution in [0.1, 0.15) is 18.4 Å². The van der Waals surface area contributed by atoms with Crippen molar-refractivity contribution in [2.75, 3.05) is 16.8 Å². The Bertz CT molecular complexity index is 1400. The fourth-order valence-electron chi connectivity index (χ4n) is 6.82. The number of nitrogens with one attached hydrogen (secondary N) is 1. The van der Waals surface area contributed by atoms with E-state index in [2.05, 4.69) is 5.32 Å². The molecule has 3 fully saturated rings. The molecule has 7 heteroatoms. The second-order valence-electron chi connectivity index (χ2n) is 9.33. The molecule has 3 aromatic carbocycles. The zero-order chi connectivity index (χ0) is 22.5. The highest BCUT2D eigenvalue weighted by atomic mass is 19.1. The zero-order valence-electron chi connectivity index (χ0n) is 17.6. The van der Waals surface area contributed by atoms with E-state index in [4.69, 9.17) is 0 Å². The maximum Gasteiger partial charge on any atom is 0.250 e. The largest absolute Gasteiger partial charge is 0.324 e. The van der Waals surface area contributed by atoms with Crippen LogP contribution in [0.5, 0.6) is 0 Å². The summed E-state index contributed by atoms with van der Waals surface area (Å²) in [7, 11) is 0. The van der Waals surface area contributed by atoms with Crippen LogP contribution < -0.4 is 10.2 Å². The molecule has 0 aliphatic carbocycles. The fraction of sp³-hybridized carbons (Fsp3) is 0.269. The topological polar surface area (TPSA) is 69.7 Å². The summed E-state index contributed by atoms with van der Waals surface area (Å²) in [6, 6.07) is 17.1. The monoisotopic (exact) mass is 441 g/mol. The normalized spacial score (nSPS) is 30.3. The highest BCUT2D eigenvalue weighted by molar-refractivity contribution is 6.28. The van der Waals surface area contributed by atoms with Crippen molar-refractivity contribution in [3.05, 3.63) is 72.0 Å². The van der Waals surface area contributed by atoms with Crippen LogP contribution >= 0.6 is 0 Å². The van der Waals surface area contributed by atoms with E-state index in [1.807, 2.05) is 41.3 Å². The molecule has 3 saturated heterocycles. The number of benzene rings is 3.